The summed E-state index contributed by atoms with van der Waals surface area (Å²) in [5, 5.41) is 0.124. The third kappa shape index (κ3) is 3.29. The summed E-state index contributed by atoms with van der Waals surface area (Å²) < 4.78 is 26.3. The summed E-state index contributed by atoms with van der Waals surface area (Å²) in [5.74, 6) is 0.376. The molecule has 1 aliphatic carbocycles. The Balaban J connectivity index is 1.93. The maximum Gasteiger partial charge on any atom is 0.257 e. The van der Waals surface area contributed by atoms with E-state index in [0.717, 1.165) is 12.8 Å². The summed E-state index contributed by atoms with van der Waals surface area (Å²) in [6.45, 7) is 0.483. The number of H-pyrrole nitrogens is 1. The Hall–Kier alpha value is -0.400. The number of alkyl halides is 1. The molecule has 0 saturated heterocycles. The summed E-state index contributed by atoms with van der Waals surface area (Å²) in [7, 11) is -3.43. The molecule has 1 aliphatic rings. The van der Waals surface area contributed by atoms with Gasteiger partial charge in [-0.1, -0.05) is 28.8 Å². The number of aromatic amines is 1. The molecule has 1 aromatic rings. The van der Waals surface area contributed by atoms with Gasteiger partial charge >= 0.3 is 0 Å². The highest BCUT2D eigenvalue weighted by atomic mass is 79.9. The predicted octanol–water partition coefficient (Wildman–Crippen LogP) is 1.64. The Labute approximate surface area is 110 Å². The number of hydrogen-bond acceptors (Lipinski definition) is 3. The average molecular weight is 322 g/mol. The highest BCUT2D eigenvalue weighted by Gasteiger charge is 2.25. The zero-order valence-electron chi connectivity index (χ0n) is 9.39. The van der Waals surface area contributed by atoms with Crippen molar-refractivity contribution in [1.29, 1.82) is 0 Å². The van der Waals surface area contributed by atoms with E-state index in [9.17, 15) is 8.42 Å². The molecule has 0 aromatic carbocycles. The molecule has 2 unspecified atom stereocenters. The van der Waals surface area contributed by atoms with Crippen LogP contribution < -0.4 is 4.72 Å². The van der Waals surface area contributed by atoms with Crippen LogP contribution in [-0.2, 0) is 10.0 Å². The fourth-order valence-electron chi connectivity index (χ4n) is 2.08. The Morgan fingerprint density at radius 1 is 1.47 bits per heavy atom. The van der Waals surface area contributed by atoms with Crippen molar-refractivity contribution in [3.05, 3.63) is 12.5 Å². The van der Waals surface area contributed by atoms with Gasteiger partial charge in [-0.25, -0.2) is 18.1 Å². The van der Waals surface area contributed by atoms with Crippen molar-refractivity contribution >= 4 is 26.0 Å². The summed E-state index contributed by atoms with van der Waals surface area (Å²) in [6.07, 6.45) is 7.27. The molecule has 1 fully saturated rings. The molecule has 0 bridgehead atoms. The van der Waals surface area contributed by atoms with Crippen molar-refractivity contribution in [2.75, 3.05) is 6.54 Å². The minimum atomic E-state index is -3.43. The van der Waals surface area contributed by atoms with E-state index in [0.29, 0.717) is 17.3 Å². The fourth-order valence-corrected chi connectivity index (χ4v) is 3.85. The minimum Gasteiger partial charge on any atom is -0.335 e. The first-order valence-corrected chi connectivity index (χ1v) is 8.11. The number of nitrogens with zero attached hydrogens (tertiary/aromatic N) is 1. The number of aromatic nitrogens is 2. The zero-order valence-corrected chi connectivity index (χ0v) is 11.8. The van der Waals surface area contributed by atoms with Crippen LogP contribution in [0.1, 0.15) is 25.7 Å². The van der Waals surface area contributed by atoms with Crippen LogP contribution in [0, 0.1) is 5.92 Å². The standard InChI is InChI=1S/C10H16BrN3O2S/c11-9-4-2-1-3-8(9)5-14-17(15,16)10-6-12-7-13-10/h6-9,14H,1-5H2,(H,12,13). The lowest BCUT2D eigenvalue weighted by Crippen LogP contribution is -2.34. The van der Waals surface area contributed by atoms with Crippen molar-refractivity contribution in [3.63, 3.8) is 0 Å². The monoisotopic (exact) mass is 321 g/mol. The second kappa shape index (κ2) is 5.49. The van der Waals surface area contributed by atoms with Crippen molar-refractivity contribution in [1.82, 2.24) is 14.7 Å². The van der Waals surface area contributed by atoms with Gasteiger partial charge in [0.1, 0.15) is 0 Å². The first-order chi connectivity index (χ1) is 8.09. The van der Waals surface area contributed by atoms with Crippen LogP contribution in [0.15, 0.2) is 17.6 Å². The molecular weight excluding hydrogens is 306 g/mol. The third-order valence-corrected chi connectivity index (χ3v) is 5.67. The van der Waals surface area contributed by atoms with Crippen LogP contribution >= 0.6 is 15.9 Å². The van der Waals surface area contributed by atoms with E-state index in [4.69, 9.17) is 0 Å². The smallest absolute Gasteiger partial charge is 0.257 e. The first kappa shape index (κ1) is 13.0. The van der Waals surface area contributed by atoms with Crippen molar-refractivity contribution in [3.8, 4) is 0 Å². The molecule has 1 aromatic heterocycles. The van der Waals surface area contributed by atoms with Gasteiger partial charge in [-0.3, -0.25) is 0 Å². The van der Waals surface area contributed by atoms with Crippen molar-refractivity contribution < 1.29 is 8.42 Å². The summed E-state index contributed by atoms with van der Waals surface area (Å²) in [5.41, 5.74) is 0. The van der Waals surface area contributed by atoms with Gasteiger partial charge in [-0.15, -0.1) is 0 Å². The van der Waals surface area contributed by atoms with E-state index in [1.54, 1.807) is 0 Å². The number of imidazole rings is 1. The van der Waals surface area contributed by atoms with Crippen LogP contribution in [0.4, 0.5) is 0 Å². The van der Waals surface area contributed by atoms with E-state index in [1.807, 2.05) is 0 Å². The highest BCUT2D eigenvalue weighted by Crippen LogP contribution is 2.29. The normalized spacial score (nSPS) is 25.9. The van der Waals surface area contributed by atoms with Crippen LogP contribution in [0.2, 0.25) is 0 Å². The fraction of sp³-hybridized carbons (Fsp3) is 0.700. The summed E-state index contributed by atoms with van der Waals surface area (Å²) >= 11 is 3.62. The molecule has 0 spiro atoms. The SMILES string of the molecule is O=S(=O)(NCC1CCCCC1Br)c1cnc[nH]1. The number of halogens is 1. The van der Waals surface area contributed by atoms with Crippen molar-refractivity contribution in [2.24, 2.45) is 5.92 Å². The molecule has 7 heteroatoms. The molecule has 96 valence electrons. The Bertz CT molecular complexity index is 446. The largest absolute Gasteiger partial charge is 0.335 e. The van der Waals surface area contributed by atoms with Gasteiger partial charge < -0.3 is 4.98 Å². The number of sulfonamides is 1. The molecule has 1 heterocycles. The molecular formula is C10H16BrN3O2S. The topological polar surface area (TPSA) is 74.8 Å². The van der Waals surface area contributed by atoms with Crippen LogP contribution in [0.5, 0.6) is 0 Å². The molecule has 0 amide bonds. The van der Waals surface area contributed by atoms with Crippen LogP contribution in [0.3, 0.4) is 0 Å². The highest BCUT2D eigenvalue weighted by molar-refractivity contribution is 9.09. The molecule has 17 heavy (non-hydrogen) atoms. The molecule has 2 rings (SSSR count). The molecule has 0 aliphatic heterocycles. The Morgan fingerprint density at radius 2 is 2.24 bits per heavy atom. The van der Waals surface area contributed by atoms with Crippen molar-refractivity contribution in [2.45, 2.75) is 35.5 Å². The Kier molecular flexibility index (Phi) is 4.22. The lowest BCUT2D eigenvalue weighted by atomic mass is 9.89. The summed E-state index contributed by atoms with van der Waals surface area (Å²) in [4.78, 5) is 6.73. The van der Waals surface area contributed by atoms with Gasteiger partial charge in [0.2, 0.25) is 0 Å². The molecule has 0 radical (unpaired) electrons. The van der Waals surface area contributed by atoms with Crippen LogP contribution in [0.25, 0.3) is 0 Å². The second-order valence-corrected chi connectivity index (χ2v) is 7.24. The van der Waals surface area contributed by atoms with Crippen LogP contribution in [-0.4, -0.2) is 29.8 Å². The molecule has 2 atom stereocenters. The predicted molar refractivity (Wildman–Crippen MR) is 68.4 cm³/mol. The van der Waals surface area contributed by atoms with Gasteiger partial charge in [0.05, 0.1) is 12.5 Å². The minimum absolute atomic E-state index is 0.124. The van der Waals surface area contributed by atoms with Gasteiger partial charge in [-0.05, 0) is 18.8 Å². The second-order valence-electron chi connectivity index (χ2n) is 4.33. The molecule has 5 nitrogen and oxygen atoms in total. The van der Waals surface area contributed by atoms with E-state index in [1.165, 1.54) is 25.4 Å². The molecule has 1 saturated carbocycles. The van der Waals surface area contributed by atoms with E-state index in [-0.39, 0.29) is 5.03 Å². The lowest BCUT2D eigenvalue weighted by Gasteiger charge is -2.27. The first-order valence-electron chi connectivity index (χ1n) is 5.72. The lowest BCUT2D eigenvalue weighted by molar-refractivity contribution is 0.373. The maximum absolute atomic E-state index is 11.8. The van der Waals surface area contributed by atoms with E-state index in [2.05, 4.69) is 30.6 Å². The molecule has 2 N–H and O–H groups in total. The zero-order chi connectivity index (χ0) is 12.3. The van der Waals surface area contributed by atoms with Gasteiger partial charge in [0.25, 0.3) is 10.0 Å². The third-order valence-electron chi connectivity index (χ3n) is 3.11. The van der Waals surface area contributed by atoms with E-state index < -0.39 is 10.0 Å². The van der Waals surface area contributed by atoms with Gasteiger partial charge in [-0.2, -0.15) is 0 Å². The number of hydrogen-bond donors (Lipinski definition) is 2. The Morgan fingerprint density at radius 3 is 2.88 bits per heavy atom. The average Bonchev–Trinajstić information content (AvgIpc) is 2.82. The number of nitrogens with one attached hydrogen (secondary N) is 2. The van der Waals surface area contributed by atoms with Gasteiger partial charge in [0, 0.05) is 11.4 Å². The van der Waals surface area contributed by atoms with E-state index >= 15 is 0 Å². The number of rotatable bonds is 4. The van der Waals surface area contributed by atoms with Gasteiger partial charge in [0.15, 0.2) is 5.03 Å². The summed E-state index contributed by atoms with van der Waals surface area (Å²) in [6, 6.07) is 0. The quantitative estimate of drug-likeness (QED) is 0.828. The maximum atomic E-state index is 11.8.